The molecule has 4 aromatic rings. The van der Waals surface area contributed by atoms with E-state index in [-0.39, 0.29) is 5.91 Å². The summed E-state index contributed by atoms with van der Waals surface area (Å²) in [5.74, 6) is 0.513. The van der Waals surface area contributed by atoms with Gasteiger partial charge in [-0.1, -0.05) is 28.9 Å². The lowest BCUT2D eigenvalue weighted by molar-refractivity contribution is -0.0410. The second kappa shape index (κ2) is 8.69. The first kappa shape index (κ1) is 21.1. The summed E-state index contributed by atoms with van der Waals surface area (Å²) >= 11 is 5.93. The Morgan fingerprint density at radius 3 is 2.56 bits per heavy atom. The lowest BCUT2D eigenvalue weighted by Gasteiger charge is -2.33. The van der Waals surface area contributed by atoms with Gasteiger partial charge in [-0.15, -0.1) is 5.10 Å². The van der Waals surface area contributed by atoms with Crippen LogP contribution in [0, 0.1) is 5.92 Å². The van der Waals surface area contributed by atoms with Crippen LogP contribution in [0.4, 0.5) is 6.01 Å². The van der Waals surface area contributed by atoms with E-state index in [9.17, 15) is 4.79 Å². The first-order chi connectivity index (χ1) is 16.6. The molecule has 3 aromatic heterocycles. The number of ether oxygens (including phenoxy) is 1. The zero-order chi connectivity index (χ0) is 23.1. The van der Waals surface area contributed by atoms with Gasteiger partial charge in [-0.3, -0.25) is 9.48 Å². The smallest absolute Gasteiger partial charge is 0.300 e. The van der Waals surface area contributed by atoms with Crippen LogP contribution in [0.2, 0.25) is 5.15 Å². The second-order valence-electron chi connectivity index (χ2n) is 8.54. The Labute approximate surface area is 200 Å². The van der Waals surface area contributed by atoms with Crippen LogP contribution in [-0.4, -0.2) is 75.2 Å². The van der Waals surface area contributed by atoms with E-state index >= 15 is 0 Å². The topological polar surface area (TPSA) is 102 Å². The molecule has 0 saturated carbocycles. The molecule has 0 N–H and O–H groups in total. The summed E-state index contributed by atoms with van der Waals surface area (Å²) in [5, 5.41) is 8.85. The van der Waals surface area contributed by atoms with Crippen LogP contribution in [0.1, 0.15) is 10.4 Å². The number of oxazole rings is 1. The van der Waals surface area contributed by atoms with Gasteiger partial charge in [-0.25, -0.2) is 4.98 Å². The number of piperazine rings is 1. The lowest BCUT2D eigenvalue weighted by atomic mass is 10.1. The predicted molar refractivity (Wildman–Crippen MR) is 125 cm³/mol. The minimum Gasteiger partial charge on any atom is -0.422 e. The van der Waals surface area contributed by atoms with E-state index in [1.165, 1.54) is 0 Å². The van der Waals surface area contributed by atoms with Gasteiger partial charge in [0.25, 0.3) is 11.9 Å². The lowest BCUT2D eigenvalue weighted by Crippen LogP contribution is -2.48. The molecule has 11 heteroatoms. The molecule has 10 nitrogen and oxygen atoms in total. The Morgan fingerprint density at radius 1 is 1.03 bits per heavy atom. The number of rotatable bonds is 5. The van der Waals surface area contributed by atoms with Gasteiger partial charge in [-0.2, -0.15) is 4.98 Å². The minimum atomic E-state index is 0.00542. The van der Waals surface area contributed by atoms with Crippen LogP contribution in [0.15, 0.2) is 47.0 Å². The molecule has 0 bridgehead atoms. The Morgan fingerprint density at radius 2 is 1.82 bits per heavy atom. The van der Waals surface area contributed by atoms with E-state index in [2.05, 4.69) is 20.3 Å². The van der Waals surface area contributed by atoms with E-state index in [1.807, 2.05) is 44.9 Å². The summed E-state index contributed by atoms with van der Waals surface area (Å²) in [4.78, 5) is 25.5. The highest BCUT2D eigenvalue weighted by atomic mass is 35.5. The van der Waals surface area contributed by atoms with E-state index in [0.717, 1.165) is 31.0 Å². The van der Waals surface area contributed by atoms with Gasteiger partial charge in [0.2, 0.25) is 5.65 Å². The quantitative estimate of drug-likeness (QED) is 0.403. The second-order valence-corrected chi connectivity index (χ2v) is 8.93. The van der Waals surface area contributed by atoms with Crippen LogP contribution < -0.4 is 4.90 Å². The molecule has 6 rings (SSSR count). The molecule has 0 radical (unpaired) electrons. The van der Waals surface area contributed by atoms with Crippen molar-refractivity contribution in [2.75, 3.05) is 44.3 Å². The third kappa shape index (κ3) is 4.10. The molecule has 0 spiro atoms. The first-order valence-corrected chi connectivity index (χ1v) is 11.6. The third-order valence-electron chi connectivity index (χ3n) is 6.16. The minimum absolute atomic E-state index is 0.00542. The summed E-state index contributed by atoms with van der Waals surface area (Å²) in [5.41, 5.74) is 3.45. The van der Waals surface area contributed by atoms with Gasteiger partial charge in [-0.05, 0) is 24.3 Å². The van der Waals surface area contributed by atoms with Crippen molar-refractivity contribution in [3.05, 3.63) is 53.3 Å². The molecule has 2 aliphatic heterocycles. The maximum Gasteiger partial charge on any atom is 0.300 e. The number of hydrogen-bond acceptors (Lipinski definition) is 8. The van der Waals surface area contributed by atoms with Crippen molar-refractivity contribution in [2.45, 2.75) is 6.54 Å². The molecule has 5 heterocycles. The normalized spacial score (nSPS) is 16.7. The fraction of sp³-hybridized carbons (Fsp3) is 0.348. The van der Waals surface area contributed by atoms with Gasteiger partial charge >= 0.3 is 0 Å². The van der Waals surface area contributed by atoms with Crippen LogP contribution >= 0.6 is 11.6 Å². The fourth-order valence-corrected chi connectivity index (χ4v) is 4.30. The zero-order valence-corrected chi connectivity index (χ0v) is 19.1. The van der Waals surface area contributed by atoms with E-state index in [1.54, 1.807) is 12.1 Å². The van der Waals surface area contributed by atoms with Crippen LogP contribution in [0.5, 0.6) is 0 Å². The number of carbonyl (C=O) groups is 1. The van der Waals surface area contributed by atoms with Gasteiger partial charge in [0.1, 0.15) is 10.8 Å². The standard InChI is InChI=1S/C23H22ClN7O3/c24-20-6-5-19-21(25-20)26-23(34-19)30-9-7-29(8-10-30)22(32)17-3-1-16(2-4-17)18-12-31(28-27-18)11-15-13-33-14-15/h1-6,12,15H,7-11,13-14H2. The molecular weight excluding hydrogens is 458 g/mol. The molecule has 2 aliphatic rings. The van der Waals surface area contributed by atoms with E-state index in [0.29, 0.717) is 60.1 Å². The van der Waals surface area contributed by atoms with Crippen LogP contribution in [-0.2, 0) is 11.3 Å². The molecule has 1 amide bonds. The number of amides is 1. The van der Waals surface area contributed by atoms with Crippen molar-refractivity contribution in [3.8, 4) is 11.3 Å². The van der Waals surface area contributed by atoms with Crippen molar-refractivity contribution in [1.82, 2.24) is 29.9 Å². The number of aromatic nitrogens is 5. The summed E-state index contributed by atoms with van der Waals surface area (Å²) < 4.78 is 12.9. The number of benzene rings is 1. The Kier molecular flexibility index (Phi) is 5.39. The average molecular weight is 480 g/mol. The Bertz CT molecular complexity index is 1320. The van der Waals surface area contributed by atoms with Crippen molar-refractivity contribution < 1.29 is 13.9 Å². The molecule has 0 unspecified atom stereocenters. The molecular formula is C23H22ClN7O3. The van der Waals surface area contributed by atoms with Gasteiger partial charge in [0.05, 0.1) is 19.4 Å². The van der Waals surface area contributed by atoms with E-state index in [4.69, 9.17) is 20.8 Å². The highest BCUT2D eigenvalue weighted by molar-refractivity contribution is 6.29. The number of pyridine rings is 1. The fourth-order valence-electron chi connectivity index (χ4n) is 4.16. The molecule has 2 fully saturated rings. The number of fused-ring (bicyclic) bond motifs is 1. The highest BCUT2D eigenvalue weighted by Gasteiger charge is 2.25. The van der Waals surface area contributed by atoms with Gasteiger partial charge < -0.3 is 19.0 Å². The largest absolute Gasteiger partial charge is 0.422 e. The number of carbonyl (C=O) groups excluding carboxylic acids is 1. The molecule has 0 aliphatic carbocycles. The number of anilines is 1. The maximum absolute atomic E-state index is 13.0. The van der Waals surface area contributed by atoms with Crippen LogP contribution in [0.25, 0.3) is 22.5 Å². The van der Waals surface area contributed by atoms with Crippen molar-refractivity contribution in [3.63, 3.8) is 0 Å². The van der Waals surface area contributed by atoms with Crippen molar-refractivity contribution in [1.29, 1.82) is 0 Å². The summed E-state index contributed by atoms with van der Waals surface area (Å²) in [7, 11) is 0. The molecule has 2 saturated heterocycles. The van der Waals surface area contributed by atoms with Crippen molar-refractivity contribution >= 4 is 34.8 Å². The summed E-state index contributed by atoms with van der Waals surface area (Å²) in [6, 6.07) is 11.5. The van der Waals surface area contributed by atoms with Crippen LogP contribution in [0.3, 0.4) is 0 Å². The average Bonchev–Trinajstić information content (AvgIpc) is 3.48. The summed E-state index contributed by atoms with van der Waals surface area (Å²) in [6.45, 7) is 4.77. The Balaban J connectivity index is 1.08. The molecule has 174 valence electrons. The SMILES string of the molecule is O=C(c1ccc(-c2cn(CC3COC3)nn2)cc1)N1CCN(c2nc3nc(Cl)ccc3o2)CC1. The summed E-state index contributed by atoms with van der Waals surface area (Å²) in [6.07, 6.45) is 1.93. The number of hydrogen-bond donors (Lipinski definition) is 0. The first-order valence-electron chi connectivity index (χ1n) is 11.2. The number of halogens is 1. The monoisotopic (exact) mass is 479 g/mol. The molecule has 0 atom stereocenters. The van der Waals surface area contributed by atoms with E-state index < -0.39 is 0 Å². The predicted octanol–water partition coefficient (Wildman–Crippen LogP) is 2.74. The molecule has 1 aromatic carbocycles. The highest BCUT2D eigenvalue weighted by Crippen LogP contribution is 2.24. The maximum atomic E-state index is 13.0. The van der Waals surface area contributed by atoms with Gasteiger partial charge in [0.15, 0.2) is 5.58 Å². The number of nitrogens with zero attached hydrogens (tertiary/aromatic N) is 7. The van der Waals surface area contributed by atoms with Gasteiger partial charge in [0, 0.05) is 49.8 Å². The molecule has 34 heavy (non-hydrogen) atoms. The zero-order valence-electron chi connectivity index (χ0n) is 18.3. The third-order valence-corrected chi connectivity index (χ3v) is 6.37. The Hall–Kier alpha value is -3.50. The van der Waals surface area contributed by atoms with Crippen molar-refractivity contribution in [2.24, 2.45) is 5.92 Å².